The Kier molecular flexibility index (Phi) is 4.05. The highest BCUT2D eigenvalue weighted by Crippen LogP contribution is 2.20. The Labute approximate surface area is 116 Å². The number of hydrogen-bond acceptors (Lipinski definition) is 4. The number of sulfone groups is 1. The van der Waals surface area contributed by atoms with E-state index in [1.165, 1.54) is 30.5 Å². The highest BCUT2D eigenvalue weighted by atomic mass is 32.2. The lowest BCUT2D eigenvalue weighted by Gasteiger charge is -2.07. The van der Waals surface area contributed by atoms with Crippen molar-refractivity contribution in [1.82, 2.24) is 0 Å². The molecule has 0 atom stereocenters. The van der Waals surface area contributed by atoms with Gasteiger partial charge in [-0.15, -0.1) is 0 Å². The van der Waals surface area contributed by atoms with E-state index in [0.29, 0.717) is 5.76 Å². The van der Waals surface area contributed by atoms with Crippen molar-refractivity contribution >= 4 is 27.5 Å². The minimum absolute atomic E-state index is 0.0831. The number of carbonyl (C=O) groups excluding carboxylic acids is 1. The lowest BCUT2D eigenvalue weighted by atomic mass is 10.3. The van der Waals surface area contributed by atoms with E-state index in [9.17, 15) is 13.2 Å². The predicted molar refractivity (Wildman–Crippen MR) is 75.9 cm³/mol. The van der Waals surface area contributed by atoms with Gasteiger partial charge < -0.3 is 9.73 Å². The van der Waals surface area contributed by atoms with E-state index in [1.807, 2.05) is 0 Å². The number of para-hydroxylation sites is 1. The Bertz CT molecular complexity index is 730. The maximum absolute atomic E-state index is 11.8. The highest BCUT2D eigenvalue weighted by Gasteiger charge is 2.13. The molecule has 0 radical (unpaired) electrons. The fraction of sp³-hybridized carbons (Fsp3) is 0.0714. The van der Waals surface area contributed by atoms with Crippen molar-refractivity contribution in [1.29, 1.82) is 0 Å². The molecule has 1 aromatic heterocycles. The molecular formula is C14H13NO4S. The summed E-state index contributed by atoms with van der Waals surface area (Å²) < 4.78 is 28.2. The maximum Gasteiger partial charge on any atom is 0.248 e. The van der Waals surface area contributed by atoms with Crippen molar-refractivity contribution in [3.63, 3.8) is 0 Å². The summed E-state index contributed by atoms with van der Waals surface area (Å²) in [5.41, 5.74) is 0.254. The molecule has 20 heavy (non-hydrogen) atoms. The smallest absolute Gasteiger partial charge is 0.248 e. The number of carbonyl (C=O) groups is 1. The van der Waals surface area contributed by atoms with Crippen LogP contribution in [-0.4, -0.2) is 20.6 Å². The summed E-state index contributed by atoms with van der Waals surface area (Å²) in [7, 11) is -3.39. The van der Waals surface area contributed by atoms with Gasteiger partial charge in [-0.3, -0.25) is 4.79 Å². The molecule has 0 aliphatic heterocycles. The van der Waals surface area contributed by atoms with E-state index in [0.717, 1.165) is 6.26 Å². The summed E-state index contributed by atoms with van der Waals surface area (Å²) in [6, 6.07) is 9.65. The molecule has 5 nitrogen and oxygen atoms in total. The van der Waals surface area contributed by atoms with Gasteiger partial charge in [-0.2, -0.15) is 0 Å². The molecule has 0 saturated heterocycles. The average molecular weight is 291 g/mol. The third-order valence-electron chi connectivity index (χ3n) is 2.49. The van der Waals surface area contributed by atoms with Gasteiger partial charge in [0.25, 0.3) is 0 Å². The molecule has 1 heterocycles. The van der Waals surface area contributed by atoms with Crippen molar-refractivity contribution < 1.29 is 17.6 Å². The van der Waals surface area contributed by atoms with Crippen LogP contribution in [0.4, 0.5) is 5.69 Å². The summed E-state index contributed by atoms with van der Waals surface area (Å²) >= 11 is 0. The Morgan fingerprint density at radius 1 is 1.20 bits per heavy atom. The second kappa shape index (κ2) is 5.75. The van der Waals surface area contributed by atoms with E-state index >= 15 is 0 Å². The molecule has 0 saturated carbocycles. The standard InChI is InChI=1S/C14H13NO4S/c1-20(17,18)13-7-3-2-6-12(13)15-14(16)9-8-11-5-4-10-19-11/h2-10H,1H3,(H,15,16)/b9-8+. The van der Waals surface area contributed by atoms with E-state index in [2.05, 4.69) is 5.32 Å². The lowest BCUT2D eigenvalue weighted by Crippen LogP contribution is -2.11. The van der Waals surface area contributed by atoms with Gasteiger partial charge in [0.1, 0.15) is 5.76 Å². The number of hydrogen-bond donors (Lipinski definition) is 1. The van der Waals surface area contributed by atoms with Crippen LogP contribution < -0.4 is 5.32 Å². The Morgan fingerprint density at radius 2 is 1.95 bits per heavy atom. The summed E-state index contributed by atoms with van der Waals surface area (Å²) in [6.07, 6.45) is 5.36. The molecule has 2 rings (SSSR count). The molecule has 6 heteroatoms. The fourth-order valence-electron chi connectivity index (χ4n) is 1.61. The molecule has 0 aliphatic rings. The molecule has 0 fully saturated rings. The Morgan fingerprint density at radius 3 is 2.60 bits per heavy atom. The van der Waals surface area contributed by atoms with Gasteiger partial charge >= 0.3 is 0 Å². The van der Waals surface area contributed by atoms with Gasteiger partial charge in [-0.1, -0.05) is 12.1 Å². The molecule has 0 aliphatic carbocycles. The SMILES string of the molecule is CS(=O)(=O)c1ccccc1NC(=O)/C=C/c1ccco1. The first-order valence-corrected chi connectivity index (χ1v) is 7.67. The number of benzene rings is 1. The van der Waals surface area contributed by atoms with Crippen molar-refractivity contribution in [2.45, 2.75) is 4.90 Å². The number of amides is 1. The topological polar surface area (TPSA) is 76.4 Å². The summed E-state index contributed by atoms with van der Waals surface area (Å²) in [6.45, 7) is 0. The van der Waals surface area contributed by atoms with Crippen molar-refractivity contribution in [3.05, 3.63) is 54.5 Å². The van der Waals surface area contributed by atoms with Crippen LogP contribution in [0.1, 0.15) is 5.76 Å². The maximum atomic E-state index is 11.8. The van der Waals surface area contributed by atoms with Crippen LogP contribution >= 0.6 is 0 Å². The second-order valence-electron chi connectivity index (χ2n) is 4.11. The van der Waals surface area contributed by atoms with Crippen LogP contribution in [0.2, 0.25) is 0 Å². The summed E-state index contributed by atoms with van der Waals surface area (Å²) in [5.74, 6) is 0.106. The van der Waals surface area contributed by atoms with Crippen LogP contribution in [0.5, 0.6) is 0 Å². The summed E-state index contributed by atoms with van der Waals surface area (Å²) in [4.78, 5) is 11.8. The lowest BCUT2D eigenvalue weighted by molar-refractivity contribution is -0.111. The molecule has 1 N–H and O–H groups in total. The second-order valence-corrected chi connectivity index (χ2v) is 6.09. The first kappa shape index (κ1) is 14.1. The van der Waals surface area contributed by atoms with E-state index in [4.69, 9.17) is 4.42 Å². The molecule has 0 spiro atoms. The van der Waals surface area contributed by atoms with Gasteiger partial charge in [0, 0.05) is 12.3 Å². The quantitative estimate of drug-likeness (QED) is 0.877. The molecule has 104 valence electrons. The third-order valence-corrected chi connectivity index (χ3v) is 3.64. The van der Waals surface area contributed by atoms with Crippen molar-refractivity contribution in [2.24, 2.45) is 0 Å². The average Bonchev–Trinajstić information content (AvgIpc) is 2.89. The Balaban J connectivity index is 2.17. The monoisotopic (exact) mass is 291 g/mol. The number of rotatable bonds is 4. The molecule has 2 aromatic rings. The van der Waals surface area contributed by atoms with Crippen LogP contribution in [0.3, 0.4) is 0 Å². The van der Waals surface area contributed by atoms with Gasteiger partial charge in [-0.05, 0) is 30.3 Å². The van der Waals surface area contributed by atoms with E-state index in [1.54, 1.807) is 24.3 Å². The normalized spacial score (nSPS) is 11.7. The first-order chi connectivity index (χ1) is 9.47. The highest BCUT2D eigenvalue weighted by molar-refractivity contribution is 7.90. The minimum Gasteiger partial charge on any atom is -0.465 e. The zero-order valence-corrected chi connectivity index (χ0v) is 11.6. The van der Waals surface area contributed by atoms with Gasteiger partial charge in [0.15, 0.2) is 9.84 Å². The first-order valence-electron chi connectivity index (χ1n) is 5.78. The van der Waals surface area contributed by atoms with Crippen molar-refractivity contribution in [3.8, 4) is 0 Å². The van der Waals surface area contributed by atoms with Gasteiger partial charge in [-0.25, -0.2) is 8.42 Å². The largest absolute Gasteiger partial charge is 0.465 e. The van der Waals surface area contributed by atoms with Crippen LogP contribution in [0.15, 0.2) is 58.1 Å². The zero-order chi connectivity index (χ0) is 14.6. The van der Waals surface area contributed by atoms with Gasteiger partial charge in [0.2, 0.25) is 5.91 Å². The van der Waals surface area contributed by atoms with Crippen LogP contribution in [0.25, 0.3) is 6.08 Å². The third kappa shape index (κ3) is 3.58. The Hall–Kier alpha value is -2.34. The number of nitrogens with one attached hydrogen (secondary N) is 1. The van der Waals surface area contributed by atoms with E-state index in [-0.39, 0.29) is 10.6 Å². The minimum atomic E-state index is -3.39. The zero-order valence-electron chi connectivity index (χ0n) is 10.7. The van der Waals surface area contributed by atoms with Crippen LogP contribution in [-0.2, 0) is 14.6 Å². The molecular weight excluding hydrogens is 278 g/mol. The van der Waals surface area contributed by atoms with E-state index < -0.39 is 15.7 Å². The van der Waals surface area contributed by atoms with Crippen LogP contribution in [0, 0.1) is 0 Å². The number of furan rings is 1. The van der Waals surface area contributed by atoms with Gasteiger partial charge in [0.05, 0.1) is 16.8 Å². The molecule has 0 bridgehead atoms. The number of anilines is 1. The fourth-order valence-corrected chi connectivity index (χ4v) is 2.46. The summed E-state index contributed by atoms with van der Waals surface area (Å²) in [5, 5.41) is 2.53. The molecule has 0 unspecified atom stereocenters. The molecule has 1 aromatic carbocycles. The van der Waals surface area contributed by atoms with Crippen molar-refractivity contribution in [2.75, 3.05) is 11.6 Å². The molecule has 1 amide bonds. The predicted octanol–water partition coefficient (Wildman–Crippen LogP) is 2.33.